The molecule has 13 rings (SSSR count). The summed E-state index contributed by atoms with van der Waals surface area (Å²) in [6, 6.07) is 50.2. The van der Waals surface area contributed by atoms with Crippen LogP contribution in [0.15, 0.2) is 127 Å². The van der Waals surface area contributed by atoms with Crippen LogP contribution in [0, 0.1) is 23.7 Å². The lowest BCUT2D eigenvalue weighted by molar-refractivity contribution is -0.0399. The third-order valence-corrected chi connectivity index (χ3v) is 16.9. The first kappa shape index (κ1) is 35.1. The molecule has 4 saturated carbocycles. The molecule has 7 aliphatic carbocycles. The zero-order chi connectivity index (χ0) is 39.3. The van der Waals surface area contributed by atoms with Crippen molar-refractivity contribution in [3.8, 4) is 33.4 Å². The predicted octanol–water partition coefficient (Wildman–Crippen LogP) is 15.2. The van der Waals surface area contributed by atoms with Crippen LogP contribution < -0.4 is 4.90 Å². The molecule has 0 aromatic heterocycles. The van der Waals surface area contributed by atoms with E-state index in [4.69, 9.17) is 0 Å². The molecule has 290 valence electrons. The second-order valence-electron chi connectivity index (χ2n) is 21.2. The second-order valence-corrected chi connectivity index (χ2v) is 21.2. The first-order chi connectivity index (χ1) is 27.9. The molecule has 7 aliphatic rings. The molecule has 1 nitrogen and oxygen atoms in total. The van der Waals surface area contributed by atoms with Crippen LogP contribution in [0.5, 0.6) is 0 Å². The first-order valence-corrected chi connectivity index (χ1v) is 22.5. The Morgan fingerprint density at radius 2 is 1.03 bits per heavy atom. The molecular weight excluding hydrogens is 699 g/mol. The number of hydrogen-bond donors (Lipinski definition) is 0. The van der Waals surface area contributed by atoms with Crippen LogP contribution in [0.25, 0.3) is 33.4 Å². The molecule has 0 heterocycles. The second kappa shape index (κ2) is 11.9. The van der Waals surface area contributed by atoms with Crippen LogP contribution in [0.3, 0.4) is 0 Å². The Hall–Kier alpha value is -4.88. The van der Waals surface area contributed by atoms with Crippen molar-refractivity contribution in [2.75, 3.05) is 4.90 Å². The topological polar surface area (TPSA) is 3.24 Å². The lowest BCUT2D eigenvalue weighted by Crippen LogP contribution is -2.55. The maximum absolute atomic E-state index is 2.68. The Morgan fingerprint density at radius 3 is 1.78 bits per heavy atom. The van der Waals surface area contributed by atoms with Crippen molar-refractivity contribution in [3.05, 3.63) is 161 Å². The Morgan fingerprint density at radius 1 is 0.431 bits per heavy atom. The summed E-state index contributed by atoms with van der Waals surface area (Å²) >= 11 is 0. The number of fused-ring (bicyclic) bond motifs is 7. The van der Waals surface area contributed by atoms with Gasteiger partial charge in [-0.3, -0.25) is 0 Å². The Bertz CT molecular complexity index is 2640. The van der Waals surface area contributed by atoms with Gasteiger partial charge in [0.25, 0.3) is 0 Å². The molecule has 0 N–H and O–H groups in total. The van der Waals surface area contributed by atoms with E-state index in [1.165, 1.54) is 118 Å². The van der Waals surface area contributed by atoms with Crippen molar-refractivity contribution in [2.24, 2.45) is 23.7 Å². The fourth-order valence-electron chi connectivity index (χ4n) is 14.2. The van der Waals surface area contributed by atoms with Crippen molar-refractivity contribution in [1.82, 2.24) is 0 Å². The molecule has 58 heavy (non-hydrogen) atoms. The predicted molar refractivity (Wildman–Crippen MR) is 243 cm³/mol. The van der Waals surface area contributed by atoms with E-state index >= 15 is 0 Å². The van der Waals surface area contributed by atoms with Crippen LogP contribution in [0.1, 0.15) is 120 Å². The number of nitrogens with zero attached hydrogens (tertiary/aromatic N) is 1. The molecule has 6 aromatic rings. The summed E-state index contributed by atoms with van der Waals surface area (Å²) in [6.45, 7) is 14.7. The lowest BCUT2D eigenvalue weighted by atomic mass is 9.43. The zero-order valence-corrected chi connectivity index (χ0v) is 35.3. The lowest BCUT2D eigenvalue weighted by Gasteiger charge is -2.61. The summed E-state index contributed by atoms with van der Waals surface area (Å²) in [4.78, 5) is 2.68. The van der Waals surface area contributed by atoms with E-state index in [0.29, 0.717) is 11.8 Å². The molecule has 0 atom stereocenters. The number of anilines is 3. The van der Waals surface area contributed by atoms with Crippen molar-refractivity contribution in [1.29, 1.82) is 0 Å². The van der Waals surface area contributed by atoms with Gasteiger partial charge in [-0.05, 0) is 177 Å². The minimum Gasteiger partial charge on any atom is -0.310 e. The monoisotopic (exact) mass is 755 g/mol. The van der Waals surface area contributed by atoms with Gasteiger partial charge in [-0.1, -0.05) is 133 Å². The van der Waals surface area contributed by atoms with Gasteiger partial charge >= 0.3 is 0 Å². The van der Waals surface area contributed by atoms with Crippen LogP contribution in [0.2, 0.25) is 0 Å². The summed E-state index contributed by atoms with van der Waals surface area (Å²) in [6.07, 6.45) is 9.42. The molecule has 4 bridgehead atoms. The molecule has 4 fully saturated rings. The van der Waals surface area contributed by atoms with E-state index in [9.17, 15) is 0 Å². The van der Waals surface area contributed by atoms with Crippen molar-refractivity contribution in [3.63, 3.8) is 0 Å². The van der Waals surface area contributed by atoms with E-state index in [1.54, 1.807) is 11.1 Å². The smallest absolute Gasteiger partial charge is 0.0543 e. The molecule has 0 saturated heterocycles. The van der Waals surface area contributed by atoms with Crippen LogP contribution in [-0.2, 0) is 21.7 Å². The molecule has 1 spiro atoms. The van der Waals surface area contributed by atoms with Crippen LogP contribution >= 0.6 is 0 Å². The molecule has 0 amide bonds. The maximum Gasteiger partial charge on any atom is 0.0543 e. The van der Waals surface area contributed by atoms with Gasteiger partial charge in [-0.25, -0.2) is 0 Å². The Labute approximate surface area is 346 Å². The summed E-state index contributed by atoms with van der Waals surface area (Å²) in [5.74, 6) is 3.24. The largest absolute Gasteiger partial charge is 0.310 e. The van der Waals surface area contributed by atoms with E-state index in [-0.39, 0.29) is 21.7 Å². The third kappa shape index (κ3) is 4.65. The van der Waals surface area contributed by atoms with Crippen molar-refractivity contribution < 1.29 is 0 Å². The minimum atomic E-state index is -0.0876. The van der Waals surface area contributed by atoms with Gasteiger partial charge in [0.15, 0.2) is 0 Å². The summed E-state index contributed by atoms with van der Waals surface area (Å²) in [7, 11) is 0. The summed E-state index contributed by atoms with van der Waals surface area (Å²) in [5.41, 5.74) is 21.5. The normalized spacial score (nSPS) is 26.8. The van der Waals surface area contributed by atoms with Gasteiger partial charge in [0.1, 0.15) is 0 Å². The van der Waals surface area contributed by atoms with E-state index in [2.05, 4.69) is 174 Å². The molecule has 1 heteroatoms. The molecule has 0 unspecified atom stereocenters. The zero-order valence-electron chi connectivity index (χ0n) is 35.3. The highest BCUT2D eigenvalue weighted by Gasteiger charge is 2.62. The highest BCUT2D eigenvalue weighted by atomic mass is 15.1. The molecule has 6 aromatic carbocycles. The minimum absolute atomic E-state index is 0.0818. The fraction of sp³-hybridized carbons (Fsp3) is 0.368. The number of hydrogen-bond acceptors (Lipinski definition) is 1. The maximum atomic E-state index is 2.68. The molecule has 0 radical (unpaired) electrons. The van der Waals surface area contributed by atoms with E-state index in [1.807, 2.05) is 0 Å². The van der Waals surface area contributed by atoms with Gasteiger partial charge in [0, 0.05) is 27.8 Å². The fourth-order valence-corrected chi connectivity index (χ4v) is 14.2. The standard InChI is InChI=1S/C57H57N/c1-54(2)25-26-55(3,4)51-34-42(21-24-48(51)54)58(41-20-22-44-43-15-10-11-16-46(43)56(5,6)50(44)33-41)52-18-12-17-49-53(52)45-32-38(37-13-8-7-9-14-37)19-23-47(45)57(49)39-28-35-27-36(30-39)31-40(57)29-35/h7-24,32-36,39-40H,25-31H2,1-6H3. The number of rotatable bonds is 4. The summed E-state index contributed by atoms with van der Waals surface area (Å²) < 4.78 is 0. The van der Waals surface area contributed by atoms with Gasteiger partial charge in [0.05, 0.1) is 5.69 Å². The average molecular weight is 756 g/mol. The highest BCUT2D eigenvalue weighted by Crippen LogP contribution is 2.71. The van der Waals surface area contributed by atoms with E-state index < -0.39 is 0 Å². The van der Waals surface area contributed by atoms with Crippen LogP contribution in [0.4, 0.5) is 17.1 Å². The molecule has 0 aliphatic heterocycles. The summed E-state index contributed by atoms with van der Waals surface area (Å²) in [5, 5.41) is 0. The van der Waals surface area contributed by atoms with Gasteiger partial charge in [0.2, 0.25) is 0 Å². The molecular formula is C57H57N. The van der Waals surface area contributed by atoms with Crippen molar-refractivity contribution >= 4 is 17.1 Å². The van der Waals surface area contributed by atoms with Gasteiger partial charge in [-0.15, -0.1) is 0 Å². The average Bonchev–Trinajstić information content (AvgIpc) is 3.64. The number of benzene rings is 6. The highest BCUT2D eigenvalue weighted by molar-refractivity contribution is 5.97. The SMILES string of the molecule is CC1(C)CCC(C)(C)c2cc(N(c3ccc4c(c3)C(C)(C)c3ccccc3-4)c3cccc4c3-c3cc(-c5ccccc5)ccc3C43C4CC5CC(C4)CC3C5)ccc21. The third-order valence-electron chi connectivity index (χ3n) is 16.9. The van der Waals surface area contributed by atoms with Crippen molar-refractivity contribution in [2.45, 2.75) is 108 Å². The van der Waals surface area contributed by atoms with Gasteiger partial charge in [-0.2, -0.15) is 0 Å². The Balaban J connectivity index is 1.14. The van der Waals surface area contributed by atoms with Gasteiger partial charge < -0.3 is 4.90 Å². The Kier molecular flexibility index (Phi) is 7.18. The van der Waals surface area contributed by atoms with E-state index in [0.717, 1.165) is 11.8 Å². The first-order valence-electron chi connectivity index (χ1n) is 22.5. The van der Waals surface area contributed by atoms with Crippen LogP contribution in [-0.4, -0.2) is 0 Å². The quantitative estimate of drug-likeness (QED) is 0.173.